The highest BCUT2D eigenvalue weighted by Gasteiger charge is 2.12. The van der Waals surface area contributed by atoms with Crippen molar-refractivity contribution in [3.8, 4) is 5.75 Å². The maximum Gasteiger partial charge on any atom is 0.259 e. The highest BCUT2D eigenvalue weighted by molar-refractivity contribution is 9.10. The van der Waals surface area contributed by atoms with Gasteiger partial charge in [-0.2, -0.15) is 0 Å². The first-order chi connectivity index (χ1) is 11.4. The first kappa shape index (κ1) is 18.4. The number of phenolic OH excluding ortho intramolecular Hbond substituents is 1. The monoisotopic (exact) mass is 407 g/mol. The molecule has 0 saturated heterocycles. The molecule has 2 aromatic rings. The Kier molecular flexibility index (Phi) is 6.28. The number of amides is 1. The van der Waals surface area contributed by atoms with Gasteiger partial charge in [-0.15, -0.1) is 0 Å². The largest absolute Gasteiger partial charge is 0.506 e. The predicted octanol–water partition coefficient (Wildman–Crippen LogP) is 4.19. The van der Waals surface area contributed by atoms with Crippen LogP contribution < -0.4 is 10.6 Å². The van der Waals surface area contributed by atoms with Crippen LogP contribution in [0.1, 0.15) is 42.1 Å². The van der Waals surface area contributed by atoms with Gasteiger partial charge in [-0.25, -0.2) is 0 Å². The summed E-state index contributed by atoms with van der Waals surface area (Å²) in [6, 6.07) is 6.98. The van der Waals surface area contributed by atoms with Crippen LogP contribution in [0.3, 0.4) is 0 Å². The van der Waals surface area contributed by atoms with Crippen LogP contribution in [0.15, 0.2) is 41.1 Å². The van der Waals surface area contributed by atoms with Gasteiger partial charge in [-0.1, -0.05) is 19.9 Å². The quantitative estimate of drug-likeness (QED) is 0.523. The molecule has 0 aliphatic carbocycles. The van der Waals surface area contributed by atoms with Crippen molar-refractivity contribution >= 4 is 44.9 Å². The maximum atomic E-state index is 12.1. The molecule has 0 spiro atoms. The first-order valence-corrected chi connectivity index (χ1v) is 8.66. The van der Waals surface area contributed by atoms with Crippen LogP contribution in [0.25, 0.3) is 0 Å². The third-order valence-electron chi connectivity index (χ3n) is 3.64. The summed E-state index contributed by atoms with van der Waals surface area (Å²) in [5, 5.41) is 15.5. The molecule has 1 heterocycles. The number of aromatic hydroxyl groups is 1. The van der Waals surface area contributed by atoms with Crippen molar-refractivity contribution in [2.75, 3.05) is 5.32 Å². The van der Waals surface area contributed by atoms with Gasteiger partial charge in [0.1, 0.15) is 5.75 Å². The lowest BCUT2D eigenvalue weighted by Gasteiger charge is -2.14. The highest BCUT2D eigenvalue weighted by Crippen LogP contribution is 2.29. The number of hydrogen-bond donors (Lipinski definition) is 3. The molecule has 0 aliphatic heterocycles. The molecule has 1 aromatic heterocycles. The molecule has 0 bridgehead atoms. The van der Waals surface area contributed by atoms with E-state index in [9.17, 15) is 9.90 Å². The Bertz CT molecular complexity index is 767. The highest BCUT2D eigenvalue weighted by atomic mass is 79.9. The van der Waals surface area contributed by atoms with E-state index in [1.165, 1.54) is 6.20 Å². The Hall–Kier alpha value is -1.99. The van der Waals surface area contributed by atoms with Crippen LogP contribution in [0.2, 0.25) is 0 Å². The van der Waals surface area contributed by atoms with Crippen molar-refractivity contribution in [3.63, 3.8) is 0 Å². The summed E-state index contributed by atoms with van der Waals surface area (Å²) in [5.41, 5.74) is 1.93. The number of rotatable bonds is 4. The molecule has 0 unspecified atom stereocenters. The number of aromatic nitrogens is 1. The number of benzene rings is 1. The minimum absolute atomic E-state index is 0.0720. The maximum absolute atomic E-state index is 12.1. The summed E-state index contributed by atoms with van der Waals surface area (Å²) in [6.07, 6.45) is 4.02. The number of carbonyl (C=O) groups is 1. The summed E-state index contributed by atoms with van der Waals surface area (Å²) in [7, 11) is 0. The van der Waals surface area contributed by atoms with E-state index in [4.69, 9.17) is 12.2 Å². The van der Waals surface area contributed by atoms with Crippen molar-refractivity contribution in [3.05, 3.63) is 52.3 Å². The molecule has 0 aliphatic rings. The predicted molar refractivity (Wildman–Crippen MR) is 102 cm³/mol. The Morgan fingerprint density at radius 3 is 2.79 bits per heavy atom. The molecule has 1 amide bonds. The van der Waals surface area contributed by atoms with Gasteiger partial charge in [-0.05, 0) is 64.2 Å². The molecule has 0 fully saturated rings. The fourth-order valence-electron chi connectivity index (χ4n) is 2.06. The standard InChI is InChI=1S/C17H18BrN3O2S/c1-3-10(2)11-4-5-15(22)14(7-11)20-17(24)21-16(23)12-6-13(18)9-19-8-12/h4-10,22H,3H2,1-2H3,(H2,20,21,23,24)/t10-/m0/s1. The van der Waals surface area contributed by atoms with Crippen LogP contribution in [-0.4, -0.2) is 21.1 Å². The van der Waals surface area contributed by atoms with Crippen molar-refractivity contribution in [2.24, 2.45) is 0 Å². The van der Waals surface area contributed by atoms with Crippen LogP contribution >= 0.6 is 28.1 Å². The van der Waals surface area contributed by atoms with E-state index in [-0.39, 0.29) is 16.8 Å². The number of nitrogens with one attached hydrogen (secondary N) is 2. The van der Waals surface area contributed by atoms with Gasteiger partial charge >= 0.3 is 0 Å². The molecule has 2 rings (SSSR count). The van der Waals surface area contributed by atoms with Gasteiger partial charge in [0.15, 0.2) is 5.11 Å². The lowest BCUT2D eigenvalue weighted by molar-refractivity contribution is 0.0977. The fraction of sp³-hybridized carbons (Fsp3) is 0.235. The number of pyridine rings is 1. The molecule has 1 atom stereocenters. The number of halogens is 1. The number of hydrogen-bond acceptors (Lipinski definition) is 4. The van der Waals surface area contributed by atoms with Crippen molar-refractivity contribution in [2.45, 2.75) is 26.2 Å². The van der Waals surface area contributed by atoms with E-state index < -0.39 is 0 Å². The van der Waals surface area contributed by atoms with Crippen molar-refractivity contribution in [1.82, 2.24) is 10.3 Å². The Morgan fingerprint density at radius 2 is 2.12 bits per heavy atom. The number of thiocarbonyl (C=S) groups is 1. The zero-order valence-electron chi connectivity index (χ0n) is 13.3. The van der Waals surface area contributed by atoms with Crippen LogP contribution in [0, 0.1) is 0 Å². The van der Waals surface area contributed by atoms with E-state index in [1.807, 2.05) is 12.1 Å². The number of nitrogens with zero attached hydrogens (tertiary/aromatic N) is 1. The van der Waals surface area contributed by atoms with E-state index in [1.54, 1.807) is 18.3 Å². The molecular formula is C17H18BrN3O2S. The molecule has 7 heteroatoms. The average Bonchev–Trinajstić information content (AvgIpc) is 2.56. The Morgan fingerprint density at radius 1 is 1.38 bits per heavy atom. The normalized spacial score (nSPS) is 11.6. The minimum Gasteiger partial charge on any atom is -0.506 e. The molecule has 3 N–H and O–H groups in total. The first-order valence-electron chi connectivity index (χ1n) is 7.46. The van der Waals surface area contributed by atoms with E-state index >= 15 is 0 Å². The van der Waals surface area contributed by atoms with Gasteiger partial charge in [0.2, 0.25) is 0 Å². The topological polar surface area (TPSA) is 74.2 Å². The van der Waals surface area contributed by atoms with Gasteiger partial charge in [-0.3, -0.25) is 15.1 Å². The zero-order valence-corrected chi connectivity index (χ0v) is 15.7. The van der Waals surface area contributed by atoms with Gasteiger partial charge in [0.25, 0.3) is 5.91 Å². The summed E-state index contributed by atoms with van der Waals surface area (Å²) in [4.78, 5) is 16.1. The molecule has 1 aromatic carbocycles. The Balaban J connectivity index is 2.08. The third kappa shape index (κ3) is 4.75. The molecule has 5 nitrogen and oxygen atoms in total. The van der Waals surface area contributed by atoms with E-state index in [0.29, 0.717) is 21.6 Å². The smallest absolute Gasteiger partial charge is 0.259 e. The van der Waals surface area contributed by atoms with Gasteiger partial charge in [0.05, 0.1) is 11.3 Å². The van der Waals surface area contributed by atoms with Crippen LogP contribution in [0.4, 0.5) is 5.69 Å². The van der Waals surface area contributed by atoms with Gasteiger partial charge in [0, 0.05) is 16.9 Å². The summed E-state index contributed by atoms with van der Waals surface area (Å²) in [5.74, 6) is 0.0590. The van der Waals surface area contributed by atoms with E-state index in [2.05, 4.69) is 45.4 Å². The van der Waals surface area contributed by atoms with Gasteiger partial charge < -0.3 is 10.4 Å². The molecule has 126 valence electrons. The second kappa shape index (κ2) is 8.21. The molecule has 0 radical (unpaired) electrons. The number of anilines is 1. The summed E-state index contributed by atoms with van der Waals surface area (Å²) < 4.78 is 0.702. The third-order valence-corrected chi connectivity index (χ3v) is 4.28. The van der Waals surface area contributed by atoms with Crippen LogP contribution in [-0.2, 0) is 0 Å². The number of carbonyl (C=O) groups excluding carboxylic acids is 1. The van der Waals surface area contributed by atoms with Crippen LogP contribution in [0.5, 0.6) is 5.75 Å². The average molecular weight is 408 g/mol. The zero-order chi connectivity index (χ0) is 17.7. The number of phenols is 1. The Labute approximate surface area is 154 Å². The van der Waals surface area contributed by atoms with Crippen molar-refractivity contribution < 1.29 is 9.90 Å². The van der Waals surface area contributed by atoms with E-state index in [0.717, 1.165) is 12.0 Å². The molecule has 24 heavy (non-hydrogen) atoms. The second-order valence-corrected chi connectivity index (χ2v) is 6.71. The SMILES string of the molecule is CC[C@H](C)c1ccc(O)c(NC(=S)NC(=O)c2cncc(Br)c2)c1. The molecule has 0 saturated carbocycles. The summed E-state index contributed by atoms with van der Waals surface area (Å²) >= 11 is 8.42. The fourth-order valence-corrected chi connectivity index (χ4v) is 2.63. The minimum atomic E-state index is -0.376. The molecular weight excluding hydrogens is 390 g/mol. The van der Waals surface area contributed by atoms with Crippen molar-refractivity contribution in [1.29, 1.82) is 0 Å². The second-order valence-electron chi connectivity index (χ2n) is 5.39. The summed E-state index contributed by atoms with van der Waals surface area (Å²) in [6.45, 7) is 4.21. The lowest BCUT2D eigenvalue weighted by Crippen LogP contribution is -2.34. The lowest BCUT2D eigenvalue weighted by atomic mass is 9.98.